The number of aryl methyl sites for hydroxylation is 2. The zero-order valence-electron chi connectivity index (χ0n) is 12.7. The molecule has 0 spiro atoms. The summed E-state index contributed by atoms with van der Waals surface area (Å²) in [7, 11) is 1.97. The van der Waals surface area contributed by atoms with Crippen molar-refractivity contribution in [3.05, 3.63) is 11.8 Å². The van der Waals surface area contributed by atoms with Gasteiger partial charge in [0.2, 0.25) is 0 Å². The molecule has 0 bridgehead atoms. The molecule has 0 aliphatic rings. The predicted octanol–water partition coefficient (Wildman–Crippen LogP) is 2.35. The Hall–Kier alpha value is -0.520. The van der Waals surface area contributed by atoms with Crippen molar-refractivity contribution in [2.75, 3.05) is 13.2 Å². The molecule has 0 aliphatic carbocycles. The smallest absolute Gasteiger partial charge is 0.0941 e. The van der Waals surface area contributed by atoms with Gasteiger partial charge in [0.1, 0.15) is 0 Å². The fourth-order valence-electron chi connectivity index (χ4n) is 2.20. The van der Waals surface area contributed by atoms with E-state index in [2.05, 4.69) is 37.3 Å². The van der Waals surface area contributed by atoms with Crippen molar-refractivity contribution in [2.45, 2.75) is 56.4 Å². The lowest BCUT2D eigenvalue weighted by molar-refractivity contribution is 0.166. The van der Waals surface area contributed by atoms with E-state index in [4.69, 9.17) is 0 Å². The Morgan fingerprint density at radius 1 is 1.58 bits per heavy atom. The number of aliphatic hydroxyl groups is 1. The third-order valence-corrected chi connectivity index (χ3v) is 4.36. The average molecular weight is 285 g/mol. The highest BCUT2D eigenvalue weighted by molar-refractivity contribution is 7.99. The highest BCUT2D eigenvalue weighted by Gasteiger charge is 2.25. The Bertz CT molecular complexity index is 394. The van der Waals surface area contributed by atoms with Gasteiger partial charge in [-0.15, -0.1) is 11.8 Å². The van der Waals surface area contributed by atoms with E-state index in [1.807, 2.05) is 30.4 Å². The number of nitrogens with zero attached hydrogens (tertiary/aromatic N) is 2. The van der Waals surface area contributed by atoms with E-state index in [9.17, 15) is 5.11 Å². The van der Waals surface area contributed by atoms with Crippen LogP contribution in [0.25, 0.3) is 0 Å². The van der Waals surface area contributed by atoms with Crippen LogP contribution in [-0.4, -0.2) is 38.8 Å². The van der Waals surface area contributed by atoms with E-state index in [0.717, 1.165) is 25.1 Å². The largest absolute Gasteiger partial charge is 0.394 e. The summed E-state index contributed by atoms with van der Waals surface area (Å²) in [5.41, 5.74) is 0.849. The zero-order chi connectivity index (χ0) is 14.5. The molecule has 0 saturated carbocycles. The number of nitrogens with one attached hydrogen (secondary N) is 1. The number of aliphatic hydroxyl groups excluding tert-OH is 1. The first-order valence-corrected chi connectivity index (χ1v) is 7.81. The van der Waals surface area contributed by atoms with Crippen LogP contribution in [0.5, 0.6) is 0 Å². The normalized spacial score (nSPS) is 16.3. The number of thioether (sulfide) groups is 1. The van der Waals surface area contributed by atoms with E-state index in [-0.39, 0.29) is 12.1 Å². The van der Waals surface area contributed by atoms with Crippen LogP contribution in [0, 0.1) is 6.92 Å². The minimum absolute atomic E-state index is 0.169. The van der Waals surface area contributed by atoms with Crippen molar-refractivity contribution in [3.8, 4) is 0 Å². The summed E-state index contributed by atoms with van der Waals surface area (Å²) in [4.78, 5) is 0. The van der Waals surface area contributed by atoms with Crippen LogP contribution in [0.15, 0.2) is 11.1 Å². The Kier molecular flexibility index (Phi) is 6.36. The first kappa shape index (κ1) is 16.5. The molecular weight excluding hydrogens is 258 g/mol. The molecule has 110 valence electrons. The van der Waals surface area contributed by atoms with Crippen LogP contribution in [0.3, 0.4) is 0 Å². The van der Waals surface area contributed by atoms with Crippen molar-refractivity contribution in [1.29, 1.82) is 0 Å². The summed E-state index contributed by atoms with van der Waals surface area (Å²) in [6, 6.07) is 2.11. The second-order valence-electron chi connectivity index (χ2n) is 5.53. The molecule has 0 fully saturated rings. The molecule has 1 aromatic rings. The van der Waals surface area contributed by atoms with Crippen molar-refractivity contribution in [1.82, 2.24) is 15.1 Å². The van der Waals surface area contributed by atoms with Crippen LogP contribution in [0.2, 0.25) is 0 Å². The lowest BCUT2D eigenvalue weighted by atomic mass is 9.97. The molecule has 1 heterocycles. The van der Waals surface area contributed by atoms with Gasteiger partial charge in [0, 0.05) is 17.8 Å². The molecule has 2 N–H and O–H groups in total. The lowest BCUT2D eigenvalue weighted by Gasteiger charge is -2.31. The quantitative estimate of drug-likeness (QED) is 0.720. The molecular formula is C14H27N3OS. The Labute approximate surface area is 121 Å². The van der Waals surface area contributed by atoms with E-state index in [1.54, 1.807) is 0 Å². The molecule has 0 aromatic carbocycles. The monoisotopic (exact) mass is 285 g/mol. The lowest BCUT2D eigenvalue weighted by Crippen LogP contribution is -2.47. The van der Waals surface area contributed by atoms with Gasteiger partial charge in [0.15, 0.2) is 0 Å². The van der Waals surface area contributed by atoms with E-state index in [0.29, 0.717) is 5.25 Å². The number of aromatic nitrogens is 2. The number of hydrogen-bond acceptors (Lipinski definition) is 4. The average Bonchev–Trinajstić information content (AvgIpc) is 2.65. The third-order valence-electron chi connectivity index (χ3n) is 3.17. The maximum Gasteiger partial charge on any atom is 0.0941 e. The van der Waals surface area contributed by atoms with Crippen LogP contribution >= 0.6 is 11.8 Å². The van der Waals surface area contributed by atoms with E-state index in [1.165, 1.54) is 5.03 Å². The molecule has 5 heteroatoms. The SMILES string of the molecule is CCCNC(C)(CO)CC(C)Sc1cc(C)nn1C. The first-order valence-electron chi connectivity index (χ1n) is 6.93. The number of hydrogen-bond donors (Lipinski definition) is 2. The summed E-state index contributed by atoms with van der Waals surface area (Å²) in [5.74, 6) is 0. The van der Waals surface area contributed by atoms with Gasteiger partial charge in [-0.05, 0) is 39.3 Å². The van der Waals surface area contributed by atoms with Gasteiger partial charge in [0.05, 0.1) is 17.3 Å². The molecule has 0 radical (unpaired) electrons. The minimum Gasteiger partial charge on any atom is -0.394 e. The maximum absolute atomic E-state index is 9.60. The van der Waals surface area contributed by atoms with Gasteiger partial charge in [-0.3, -0.25) is 4.68 Å². The highest BCUT2D eigenvalue weighted by Crippen LogP contribution is 2.28. The van der Waals surface area contributed by atoms with E-state index >= 15 is 0 Å². The highest BCUT2D eigenvalue weighted by atomic mass is 32.2. The van der Waals surface area contributed by atoms with Gasteiger partial charge in [-0.25, -0.2) is 0 Å². The Morgan fingerprint density at radius 3 is 2.74 bits per heavy atom. The van der Waals surface area contributed by atoms with Gasteiger partial charge in [0.25, 0.3) is 0 Å². The van der Waals surface area contributed by atoms with Crippen molar-refractivity contribution in [3.63, 3.8) is 0 Å². The molecule has 19 heavy (non-hydrogen) atoms. The predicted molar refractivity (Wildman–Crippen MR) is 81.7 cm³/mol. The van der Waals surface area contributed by atoms with Gasteiger partial charge in [-0.1, -0.05) is 13.8 Å². The van der Waals surface area contributed by atoms with Crippen molar-refractivity contribution in [2.24, 2.45) is 7.05 Å². The van der Waals surface area contributed by atoms with Crippen LogP contribution in [-0.2, 0) is 7.05 Å². The minimum atomic E-state index is -0.198. The molecule has 0 amide bonds. The molecule has 1 aromatic heterocycles. The zero-order valence-corrected chi connectivity index (χ0v) is 13.5. The fourth-order valence-corrected chi connectivity index (χ4v) is 3.49. The third kappa shape index (κ3) is 5.16. The second-order valence-corrected chi connectivity index (χ2v) is 6.98. The van der Waals surface area contributed by atoms with Crippen LogP contribution < -0.4 is 5.32 Å². The first-order chi connectivity index (χ1) is 8.90. The molecule has 0 aliphatic heterocycles. The van der Waals surface area contributed by atoms with Crippen LogP contribution in [0.4, 0.5) is 0 Å². The summed E-state index contributed by atoms with van der Waals surface area (Å²) in [6.45, 7) is 9.56. The Balaban J connectivity index is 2.57. The van der Waals surface area contributed by atoms with Crippen molar-refractivity contribution < 1.29 is 5.11 Å². The second kappa shape index (κ2) is 7.31. The van der Waals surface area contributed by atoms with Gasteiger partial charge < -0.3 is 10.4 Å². The molecule has 4 nitrogen and oxygen atoms in total. The number of rotatable bonds is 8. The van der Waals surface area contributed by atoms with Crippen LogP contribution in [0.1, 0.15) is 39.3 Å². The Morgan fingerprint density at radius 2 is 2.26 bits per heavy atom. The summed E-state index contributed by atoms with van der Waals surface area (Å²) in [6.07, 6.45) is 2.01. The van der Waals surface area contributed by atoms with Gasteiger partial charge >= 0.3 is 0 Å². The molecule has 2 unspecified atom stereocenters. The summed E-state index contributed by atoms with van der Waals surface area (Å²) >= 11 is 1.82. The molecule has 0 saturated heterocycles. The summed E-state index contributed by atoms with van der Waals surface area (Å²) < 4.78 is 1.92. The molecule has 1 rings (SSSR count). The fraction of sp³-hybridized carbons (Fsp3) is 0.786. The maximum atomic E-state index is 9.60. The van der Waals surface area contributed by atoms with Crippen molar-refractivity contribution >= 4 is 11.8 Å². The summed E-state index contributed by atoms with van der Waals surface area (Å²) in [5, 5.41) is 19.0. The standard InChI is InChI=1S/C14H27N3OS/c1-6-7-15-14(4,10-18)9-12(3)19-13-8-11(2)16-17(13)5/h8,12,15,18H,6-7,9-10H2,1-5H3. The van der Waals surface area contributed by atoms with E-state index < -0.39 is 0 Å². The van der Waals surface area contributed by atoms with Gasteiger partial charge in [-0.2, -0.15) is 5.10 Å². The molecule has 2 atom stereocenters. The topological polar surface area (TPSA) is 50.1 Å².